The first-order valence-corrected chi connectivity index (χ1v) is 10.2. The van der Waals surface area contributed by atoms with Gasteiger partial charge in [-0.15, -0.1) is 0 Å². The maximum atomic E-state index is 12.5. The Morgan fingerprint density at radius 1 is 0.897 bits per heavy atom. The fourth-order valence-corrected chi connectivity index (χ4v) is 3.97. The van der Waals surface area contributed by atoms with Gasteiger partial charge in [-0.05, 0) is 48.5 Å². The average Bonchev–Trinajstić information content (AvgIpc) is 3.17. The lowest BCUT2D eigenvalue weighted by Crippen LogP contribution is -2.12. The number of nitrogens with zero attached hydrogens (tertiary/aromatic N) is 1. The highest BCUT2D eigenvalue weighted by Crippen LogP contribution is 2.33. The van der Waals surface area contributed by atoms with Crippen molar-refractivity contribution in [2.45, 2.75) is 4.90 Å². The van der Waals surface area contributed by atoms with E-state index in [4.69, 9.17) is 13.9 Å². The summed E-state index contributed by atoms with van der Waals surface area (Å²) in [6.07, 6.45) is 0. The third kappa shape index (κ3) is 3.74. The van der Waals surface area contributed by atoms with Gasteiger partial charge in [0.15, 0.2) is 17.1 Å². The Morgan fingerprint density at radius 2 is 1.66 bits per heavy atom. The van der Waals surface area contributed by atoms with E-state index in [2.05, 4.69) is 9.71 Å². The zero-order valence-electron chi connectivity index (χ0n) is 15.7. The molecule has 0 aliphatic rings. The lowest BCUT2D eigenvalue weighted by atomic mass is 10.2. The van der Waals surface area contributed by atoms with Crippen LogP contribution in [0.1, 0.15) is 0 Å². The molecule has 0 saturated heterocycles. The fourth-order valence-electron chi connectivity index (χ4n) is 2.90. The highest BCUT2D eigenvalue weighted by Gasteiger charge is 2.16. The first kappa shape index (κ1) is 18.8. The van der Waals surface area contributed by atoms with Crippen LogP contribution >= 0.6 is 0 Å². The number of ether oxygens (including phenoxy) is 2. The second-order valence-corrected chi connectivity index (χ2v) is 7.87. The van der Waals surface area contributed by atoms with Gasteiger partial charge in [-0.3, -0.25) is 4.72 Å². The highest BCUT2D eigenvalue weighted by atomic mass is 32.2. The minimum Gasteiger partial charge on any atom is -0.493 e. The second-order valence-electron chi connectivity index (χ2n) is 6.19. The molecule has 0 aliphatic heterocycles. The summed E-state index contributed by atoms with van der Waals surface area (Å²) < 4.78 is 44.0. The van der Waals surface area contributed by atoms with Gasteiger partial charge in [-0.1, -0.05) is 18.2 Å². The zero-order valence-corrected chi connectivity index (χ0v) is 16.6. The summed E-state index contributed by atoms with van der Waals surface area (Å²) in [6, 6.07) is 18.4. The van der Waals surface area contributed by atoms with Gasteiger partial charge in [-0.25, -0.2) is 13.4 Å². The molecule has 0 aliphatic carbocycles. The number of methoxy groups -OCH3 is 2. The number of oxazole rings is 1. The van der Waals surface area contributed by atoms with Crippen LogP contribution in [0.15, 0.2) is 76.0 Å². The summed E-state index contributed by atoms with van der Waals surface area (Å²) >= 11 is 0. The molecule has 0 unspecified atom stereocenters. The van der Waals surface area contributed by atoms with E-state index in [9.17, 15) is 8.42 Å². The number of nitrogens with one attached hydrogen (secondary N) is 1. The number of hydrogen-bond donors (Lipinski definition) is 1. The molecule has 1 aromatic heterocycles. The molecule has 0 saturated carbocycles. The van der Waals surface area contributed by atoms with Gasteiger partial charge < -0.3 is 13.9 Å². The van der Waals surface area contributed by atoms with Gasteiger partial charge in [-0.2, -0.15) is 0 Å². The number of aromatic nitrogens is 1. The van der Waals surface area contributed by atoms with Crippen LogP contribution in [0.4, 0.5) is 5.69 Å². The van der Waals surface area contributed by atoms with Crippen molar-refractivity contribution < 1.29 is 22.3 Å². The second kappa shape index (κ2) is 7.48. The maximum absolute atomic E-state index is 12.5. The van der Waals surface area contributed by atoms with Crippen LogP contribution in [-0.2, 0) is 10.0 Å². The van der Waals surface area contributed by atoms with Gasteiger partial charge >= 0.3 is 0 Å². The van der Waals surface area contributed by atoms with E-state index >= 15 is 0 Å². The molecule has 0 fully saturated rings. The van der Waals surface area contributed by atoms with Crippen molar-refractivity contribution in [1.82, 2.24) is 4.98 Å². The lowest BCUT2D eigenvalue weighted by molar-refractivity contribution is 0.355. The number of rotatable bonds is 6. The molecule has 29 heavy (non-hydrogen) atoms. The van der Waals surface area contributed by atoms with Crippen LogP contribution in [0.3, 0.4) is 0 Å². The summed E-state index contributed by atoms with van der Waals surface area (Å²) in [5.41, 5.74) is 2.18. The summed E-state index contributed by atoms with van der Waals surface area (Å²) in [6.45, 7) is 0. The Hall–Kier alpha value is -3.52. The van der Waals surface area contributed by atoms with Crippen LogP contribution in [0.5, 0.6) is 11.5 Å². The maximum Gasteiger partial charge on any atom is 0.261 e. The third-order valence-corrected chi connectivity index (χ3v) is 5.72. The molecule has 4 aromatic rings. The molecule has 1 N–H and O–H groups in total. The van der Waals surface area contributed by atoms with Crippen LogP contribution in [0.25, 0.3) is 22.6 Å². The molecule has 4 rings (SSSR count). The molecule has 3 aromatic carbocycles. The van der Waals surface area contributed by atoms with E-state index in [0.717, 1.165) is 0 Å². The van der Waals surface area contributed by atoms with Crippen molar-refractivity contribution in [2.75, 3.05) is 18.9 Å². The first-order valence-electron chi connectivity index (χ1n) is 8.71. The standard InChI is InChI=1S/C21H18N2O5S/c1-26-19-10-8-14(12-20(19)27-2)21-22-17-13-15(9-11-18(17)28-21)23-29(24,25)16-6-4-3-5-7-16/h3-13,23H,1-2H3. The molecule has 8 heteroatoms. The molecule has 7 nitrogen and oxygen atoms in total. The molecule has 1 heterocycles. The van der Waals surface area contributed by atoms with Gasteiger partial charge in [0.2, 0.25) is 5.89 Å². The molecule has 0 atom stereocenters. The average molecular weight is 410 g/mol. The smallest absolute Gasteiger partial charge is 0.261 e. The van der Waals surface area contributed by atoms with Crippen LogP contribution in [-0.4, -0.2) is 27.6 Å². The minimum atomic E-state index is -3.68. The predicted molar refractivity (Wildman–Crippen MR) is 110 cm³/mol. The van der Waals surface area contributed by atoms with Crippen molar-refractivity contribution in [3.63, 3.8) is 0 Å². The van der Waals surface area contributed by atoms with Gasteiger partial charge in [0.05, 0.1) is 24.8 Å². The lowest BCUT2D eigenvalue weighted by Gasteiger charge is -2.07. The number of anilines is 1. The van der Waals surface area contributed by atoms with Crippen molar-refractivity contribution in [1.29, 1.82) is 0 Å². The zero-order chi connectivity index (χ0) is 20.4. The highest BCUT2D eigenvalue weighted by molar-refractivity contribution is 7.92. The van der Waals surface area contributed by atoms with E-state index in [-0.39, 0.29) is 4.90 Å². The molecule has 0 amide bonds. The van der Waals surface area contributed by atoms with E-state index in [0.29, 0.717) is 39.7 Å². The number of hydrogen-bond acceptors (Lipinski definition) is 6. The third-order valence-electron chi connectivity index (χ3n) is 4.32. The molecule has 0 bridgehead atoms. The number of sulfonamides is 1. The van der Waals surface area contributed by atoms with Crippen LogP contribution in [0, 0.1) is 0 Å². The Bertz CT molecular complexity index is 1270. The summed E-state index contributed by atoms with van der Waals surface area (Å²) in [4.78, 5) is 4.67. The Kier molecular flexibility index (Phi) is 4.85. The quantitative estimate of drug-likeness (QED) is 0.509. The molecule has 0 spiro atoms. The molecular weight excluding hydrogens is 392 g/mol. The largest absolute Gasteiger partial charge is 0.493 e. The fraction of sp³-hybridized carbons (Fsp3) is 0.0952. The van der Waals surface area contributed by atoms with Crippen LogP contribution < -0.4 is 14.2 Å². The summed E-state index contributed by atoms with van der Waals surface area (Å²) in [7, 11) is -0.564. The van der Waals surface area contributed by atoms with Gasteiger partial charge in [0, 0.05) is 5.56 Å². The van der Waals surface area contributed by atoms with Crippen molar-refractivity contribution in [2.24, 2.45) is 0 Å². The Morgan fingerprint density at radius 3 is 2.38 bits per heavy atom. The van der Waals surface area contributed by atoms with E-state index in [1.807, 2.05) is 6.07 Å². The van der Waals surface area contributed by atoms with Crippen molar-refractivity contribution in [3.05, 3.63) is 66.7 Å². The summed E-state index contributed by atoms with van der Waals surface area (Å²) in [5.74, 6) is 1.55. The normalized spacial score (nSPS) is 11.4. The Balaban J connectivity index is 1.66. The molecule has 148 valence electrons. The first-order chi connectivity index (χ1) is 14.0. The monoisotopic (exact) mass is 410 g/mol. The van der Waals surface area contributed by atoms with Crippen LogP contribution in [0.2, 0.25) is 0 Å². The van der Waals surface area contributed by atoms with E-state index < -0.39 is 10.0 Å². The van der Waals surface area contributed by atoms with Gasteiger partial charge in [0.25, 0.3) is 10.0 Å². The van der Waals surface area contributed by atoms with Gasteiger partial charge in [0.1, 0.15) is 5.52 Å². The van der Waals surface area contributed by atoms with E-state index in [1.165, 1.54) is 12.1 Å². The topological polar surface area (TPSA) is 90.7 Å². The number of fused-ring (bicyclic) bond motifs is 1. The Labute approximate surface area is 168 Å². The van der Waals surface area contributed by atoms with E-state index in [1.54, 1.807) is 62.8 Å². The predicted octanol–water partition coefficient (Wildman–Crippen LogP) is 4.31. The molecule has 0 radical (unpaired) electrons. The number of benzene rings is 3. The summed E-state index contributed by atoms with van der Waals surface area (Å²) in [5, 5.41) is 0. The minimum absolute atomic E-state index is 0.186. The molecular formula is C21H18N2O5S. The van der Waals surface area contributed by atoms with Crippen molar-refractivity contribution in [3.8, 4) is 23.0 Å². The SMILES string of the molecule is COc1ccc(-c2nc3cc(NS(=O)(=O)c4ccccc4)ccc3o2)cc1OC. The van der Waals surface area contributed by atoms with Crippen molar-refractivity contribution >= 4 is 26.8 Å².